The zero-order valence-electron chi connectivity index (χ0n) is 9.05. The molecule has 1 aliphatic heterocycles. The van der Waals surface area contributed by atoms with Gasteiger partial charge in [0, 0.05) is 30.8 Å². The average molecular weight is 215 g/mol. The van der Waals surface area contributed by atoms with Crippen LogP contribution in [0.1, 0.15) is 19.8 Å². The van der Waals surface area contributed by atoms with Crippen LogP contribution in [0, 0.1) is 0 Å². The van der Waals surface area contributed by atoms with Crippen LogP contribution < -0.4 is 5.32 Å². The maximum Gasteiger partial charge on any atom is 0.0476 e. The number of hydrogen-bond acceptors (Lipinski definition) is 3. The fourth-order valence-corrected chi connectivity index (χ4v) is 2.53. The summed E-state index contributed by atoms with van der Waals surface area (Å²) in [5.74, 6) is 1.09. The molecule has 82 valence electrons. The summed E-state index contributed by atoms with van der Waals surface area (Å²) in [6.07, 6.45) is 2.41. The highest BCUT2D eigenvalue weighted by Crippen LogP contribution is 2.23. The summed E-state index contributed by atoms with van der Waals surface area (Å²) in [5, 5.41) is 4.09. The molecule has 0 bridgehead atoms. The van der Waals surface area contributed by atoms with Crippen LogP contribution in [0.15, 0.2) is 12.2 Å². The Kier molecular flexibility index (Phi) is 6.32. The summed E-state index contributed by atoms with van der Waals surface area (Å²) in [7, 11) is 0. The van der Waals surface area contributed by atoms with Gasteiger partial charge in [-0.25, -0.2) is 0 Å². The van der Waals surface area contributed by atoms with E-state index >= 15 is 0 Å². The van der Waals surface area contributed by atoms with Crippen molar-refractivity contribution < 1.29 is 4.74 Å². The Morgan fingerprint density at radius 2 is 2.21 bits per heavy atom. The molecule has 2 nitrogen and oxygen atoms in total. The van der Waals surface area contributed by atoms with Crippen molar-refractivity contribution in [2.45, 2.75) is 25.0 Å². The lowest BCUT2D eigenvalue weighted by molar-refractivity contribution is 0.100. The van der Waals surface area contributed by atoms with Crippen LogP contribution in [0.4, 0.5) is 0 Å². The minimum absolute atomic E-state index is 0.794. The highest BCUT2D eigenvalue weighted by Gasteiger charge is 2.13. The summed E-state index contributed by atoms with van der Waals surface area (Å²) < 4.78 is 5.32. The van der Waals surface area contributed by atoms with E-state index in [9.17, 15) is 0 Å². The highest BCUT2D eigenvalue weighted by molar-refractivity contribution is 8.00. The van der Waals surface area contributed by atoms with E-state index in [4.69, 9.17) is 4.74 Å². The normalized spacial score (nSPS) is 18.4. The van der Waals surface area contributed by atoms with Gasteiger partial charge in [-0.1, -0.05) is 19.1 Å². The maximum absolute atomic E-state index is 5.32. The summed E-state index contributed by atoms with van der Waals surface area (Å²) in [4.78, 5) is 0. The lowest BCUT2D eigenvalue weighted by Crippen LogP contribution is -2.20. The second-order valence-electron chi connectivity index (χ2n) is 3.65. The van der Waals surface area contributed by atoms with Crippen molar-refractivity contribution in [3.8, 4) is 0 Å². The predicted octanol–water partition coefficient (Wildman–Crippen LogP) is 2.06. The van der Waals surface area contributed by atoms with Crippen molar-refractivity contribution in [3.63, 3.8) is 0 Å². The van der Waals surface area contributed by atoms with Gasteiger partial charge in [-0.3, -0.25) is 0 Å². The maximum atomic E-state index is 5.32. The molecule has 3 heteroatoms. The topological polar surface area (TPSA) is 21.3 Å². The van der Waals surface area contributed by atoms with E-state index in [1.165, 1.54) is 18.4 Å². The van der Waals surface area contributed by atoms with Gasteiger partial charge >= 0.3 is 0 Å². The average Bonchev–Trinajstić information content (AvgIpc) is 2.25. The Labute approximate surface area is 91.5 Å². The SMILES string of the molecule is C=C(CNCC)CSC1CCOCC1. The first kappa shape index (κ1) is 12.1. The molecule has 0 amide bonds. The van der Waals surface area contributed by atoms with Crippen molar-refractivity contribution in [2.75, 3.05) is 32.1 Å². The van der Waals surface area contributed by atoms with E-state index in [2.05, 4.69) is 18.8 Å². The second kappa shape index (κ2) is 7.32. The monoisotopic (exact) mass is 215 g/mol. The molecule has 0 atom stereocenters. The molecule has 0 aliphatic carbocycles. The van der Waals surface area contributed by atoms with E-state index < -0.39 is 0 Å². The van der Waals surface area contributed by atoms with Crippen molar-refractivity contribution in [2.24, 2.45) is 0 Å². The fourth-order valence-electron chi connectivity index (χ4n) is 1.43. The lowest BCUT2D eigenvalue weighted by Gasteiger charge is -2.21. The molecule has 0 aromatic heterocycles. The van der Waals surface area contributed by atoms with Gasteiger partial charge in [-0.2, -0.15) is 11.8 Å². The Morgan fingerprint density at radius 1 is 1.50 bits per heavy atom. The molecule has 1 rings (SSSR count). The molecular formula is C11H21NOS. The third-order valence-electron chi connectivity index (χ3n) is 2.32. The van der Waals surface area contributed by atoms with Crippen molar-refractivity contribution in [1.82, 2.24) is 5.32 Å². The summed E-state index contributed by atoms with van der Waals surface area (Å²) in [5.41, 5.74) is 1.31. The smallest absolute Gasteiger partial charge is 0.0476 e. The molecule has 1 N–H and O–H groups in total. The van der Waals surface area contributed by atoms with Crippen LogP contribution in [0.3, 0.4) is 0 Å². The Balaban J connectivity index is 2.03. The van der Waals surface area contributed by atoms with Crippen molar-refractivity contribution in [1.29, 1.82) is 0 Å². The number of thioether (sulfide) groups is 1. The van der Waals surface area contributed by atoms with Crippen LogP contribution >= 0.6 is 11.8 Å². The van der Waals surface area contributed by atoms with E-state index in [1.807, 2.05) is 11.8 Å². The predicted molar refractivity (Wildman–Crippen MR) is 64.0 cm³/mol. The molecule has 0 saturated carbocycles. The van der Waals surface area contributed by atoms with Crippen LogP contribution in [-0.2, 0) is 4.74 Å². The third-order valence-corrected chi connectivity index (χ3v) is 3.83. The quantitative estimate of drug-likeness (QED) is 0.685. The van der Waals surface area contributed by atoms with Gasteiger partial charge in [0.25, 0.3) is 0 Å². The van der Waals surface area contributed by atoms with Gasteiger partial charge in [0.2, 0.25) is 0 Å². The van der Waals surface area contributed by atoms with Crippen molar-refractivity contribution in [3.05, 3.63) is 12.2 Å². The fraction of sp³-hybridized carbons (Fsp3) is 0.818. The summed E-state index contributed by atoms with van der Waals surface area (Å²) in [6.45, 7) is 10.1. The molecule has 14 heavy (non-hydrogen) atoms. The van der Waals surface area contributed by atoms with Gasteiger partial charge < -0.3 is 10.1 Å². The number of rotatable bonds is 6. The first-order valence-electron chi connectivity index (χ1n) is 5.39. The Hall–Kier alpha value is 0.01000. The zero-order valence-corrected chi connectivity index (χ0v) is 9.87. The molecular weight excluding hydrogens is 194 g/mol. The van der Waals surface area contributed by atoms with Crippen LogP contribution in [-0.4, -0.2) is 37.3 Å². The Bertz CT molecular complexity index is 167. The standard InChI is InChI=1S/C11H21NOS/c1-3-12-8-10(2)9-14-11-4-6-13-7-5-11/h11-12H,2-9H2,1H3. The van der Waals surface area contributed by atoms with E-state index in [0.717, 1.165) is 37.3 Å². The first-order valence-corrected chi connectivity index (χ1v) is 6.44. The molecule has 0 radical (unpaired) electrons. The number of likely N-dealkylation sites (N-methyl/N-ethyl adjacent to an activating group) is 1. The zero-order chi connectivity index (χ0) is 10.2. The van der Waals surface area contributed by atoms with Gasteiger partial charge in [-0.05, 0) is 19.4 Å². The second-order valence-corrected chi connectivity index (χ2v) is 4.94. The molecule has 1 heterocycles. The van der Waals surface area contributed by atoms with Crippen LogP contribution in [0.25, 0.3) is 0 Å². The molecule has 0 aromatic carbocycles. The summed E-state index contributed by atoms with van der Waals surface area (Å²) in [6, 6.07) is 0. The molecule has 1 saturated heterocycles. The minimum Gasteiger partial charge on any atom is -0.381 e. The van der Waals surface area contributed by atoms with Crippen LogP contribution in [0.5, 0.6) is 0 Å². The highest BCUT2D eigenvalue weighted by atomic mass is 32.2. The number of ether oxygens (including phenoxy) is 1. The molecule has 1 aliphatic rings. The molecule has 0 aromatic rings. The summed E-state index contributed by atoms with van der Waals surface area (Å²) >= 11 is 2.04. The Morgan fingerprint density at radius 3 is 2.86 bits per heavy atom. The first-order chi connectivity index (χ1) is 6.83. The van der Waals surface area contributed by atoms with Gasteiger partial charge in [0.15, 0.2) is 0 Å². The van der Waals surface area contributed by atoms with Crippen molar-refractivity contribution >= 4 is 11.8 Å². The molecule has 0 unspecified atom stereocenters. The molecule has 0 spiro atoms. The van der Waals surface area contributed by atoms with E-state index in [-0.39, 0.29) is 0 Å². The largest absolute Gasteiger partial charge is 0.381 e. The van der Waals surface area contributed by atoms with Gasteiger partial charge in [-0.15, -0.1) is 0 Å². The van der Waals surface area contributed by atoms with Gasteiger partial charge in [0.1, 0.15) is 0 Å². The third kappa shape index (κ3) is 5.03. The van der Waals surface area contributed by atoms with E-state index in [0.29, 0.717) is 0 Å². The van der Waals surface area contributed by atoms with Crippen LogP contribution in [0.2, 0.25) is 0 Å². The number of nitrogens with one attached hydrogen (secondary N) is 1. The van der Waals surface area contributed by atoms with E-state index in [1.54, 1.807) is 0 Å². The molecule has 1 fully saturated rings. The minimum atomic E-state index is 0.794. The van der Waals surface area contributed by atoms with Gasteiger partial charge in [0.05, 0.1) is 0 Å². The number of hydrogen-bond donors (Lipinski definition) is 1. The lowest BCUT2D eigenvalue weighted by atomic mass is 10.2.